The van der Waals surface area contributed by atoms with Crippen LogP contribution in [0.3, 0.4) is 0 Å². The van der Waals surface area contributed by atoms with Gasteiger partial charge in [0, 0.05) is 22.7 Å². The van der Waals surface area contributed by atoms with Crippen LogP contribution in [0.2, 0.25) is 0 Å². The van der Waals surface area contributed by atoms with Gasteiger partial charge in [-0.2, -0.15) is 0 Å². The molecule has 0 saturated carbocycles. The fourth-order valence-corrected chi connectivity index (χ4v) is 10.2. The zero-order chi connectivity index (χ0) is 36.3. The van der Waals surface area contributed by atoms with Crippen LogP contribution in [-0.2, 0) is 11.8 Å². The first kappa shape index (κ1) is 31.4. The van der Waals surface area contributed by atoms with E-state index in [9.17, 15) is 0 Å². The van der Waals surface area contributed by atoms with Gasteiger partial charge in [0.05, 0.1) is 5.69 Å². The van der Waals surface area contributed by atoms with Gasteiger partial charge in [-0.1, -0.05) is 141 Å². The molecule has 1 aliphatic heterocycles. The van der Waals surface area contributed by atoms with E-state index in [4.69, 9.17) is 0 Å². The van der Waals surface area contributed by atoms with Crippen LogP contribution in [0.5, 0.6) is 0 Å². The fourth-order valence-electron chi connectivity index (χ4n) is 10.2. The molecule has 1 heterocycles. The van der Waals surface area contributed by atoms with E-state index in [0.29, 0.717) is 0 Å². The van der Waals surface area contributed by atoms with Crippen molar-refractivity contribution in [3.8, 4) is 33.4 Å². The van der Waals surface area contributed by atoms with Gasteiger partial charge < -0.3 is 4.90 Å². The van der Waals surface area contributed by atoms with Crippen molar-refractivity contribution in [2.45, 2.75) is 45.4 Å². The normalized spacial score (nSPS) is 16.1. The Morgan fingerprint density at radius 3 is 1.98 bits per heavy atom. The first-order valence-corrected chi connectivity index (χ1v) is 19.4. The molecule has 1 heteroatoms. The molecule has 1 nitrogen and oxygen atoms in total. The molecular weight excluding hydrogens is 651 g/mol. The van der Waals surface area contributed by atoms with E-state index in [1.54, 1.807) is 0 Å². The van der Waals surface area contributed by atoms with Crippen LogP contribution >= 0.6 is 0 Å². The minimum absolute atomic E-state index is 0.0810. The van der Waals surface area contributed by atoms with E-state index in [1.165, 1.54) is 111 Å². The summed E-state index contributed by atoms with van der Waals surface area (Å²) < 4.78 is 0. The molecule has 8 aromatic rings. The van der Waals surface area contributed by atoms with E-state index in [2.05, 4.69) is 190 Å². The number of hydrogen-bond donors (Lipinski definition) is 0. The maximum absolute atomic E-state index is 2.60. The highest BCUT2D eigenvalue weighted by molar-refractivity contribution is 6.13. The Kier molecular flexibility index (Phi) is 6.62. The average molecular weight is 692 g/mol. The number of anilines is 2. The second-order valence-electron chi connectivity index (χ2n) is 16.2. The van der Waals surface area contributed by atoms with Crippen LogP contribution in [-0.4, -0.2) is 0 Å². The minimum Gasteiger partial charge on any atom is -0.313 e. The van der Waals surface area contributed by atoms with Gasteiger partial charge in [0.1, 0.15) is 0 Å². The second kappa shape index (κ2) is 11.4. The number of hydrogen-bond acceptors (Lipinski definition) is 1. The van der Waals surface area contributed by atoms with Gasteiger partial charge in [-0.3, -0.25) is 0 Å². The van der Waals surface area contributed by atoms with E-state index < -0.39 is 0 Å². The Morgan fingerprint density at radius 2 is 1.19 bits per heavy atom. The van der Waals surface area contributed by atoms with Crippen LogP contribution in [0.15, 0.2) is 157 Å². The van der Waals surface area contributed by atoms with Gasteiger partial charge in [0.2, 0.25) is 0 Å². The fraction of sp³-hybridized carbons (Fsp3) is 0.132. The average Bonchev–Trinajstić information content (AvgIpc) is 3.64. The van der Waals surface area contributed by atoms with Crippen LogP contribution in [0.4, 0.5) is 11.4 Å². The van der Waals surface area contributed by atoms with Crippen molar-refractivity contribution in [1.82, 2.24) is 0 Å². The molecule has 1 unspecified atom stereocenters. The lowest BCUT2D eigenvalue weighted by Crippen LogP contribution is -2.18. The topological polar surface area (TPSA) is 3.24 Å². The molecule has 0 amide bonds. The van der Waals surface area contributed by atoms with Crippen molar-refractivity contribution in [2.24, 2.45) is 0 Å². The summed E-state index contributed by atoms with van der Waals surface area (Å²) in [5.41, 5.74) is 21.4. The molecule has 0 saturated heterocycles. The second-order valence-corrected chi connectivity index (χ2v) is 16.2. The van der Waals surface area contributed by atoms with Crippen molar-refractivity contribution in [2.75, 3.05) is 4.90 Å². The molecule has 0 radical (unpaired) electrons. The molecular formula is C53H41N. The number of allylic oxidation sites excluding steroid dienone is 1. The van der Waals surface area contributed by atoms with Crippen molar-refractivity contribution >= 4 is 39.0 Å². The van der Waals surface area contributed by atoms with Crippen molar-refractivity contribution in [3.05, 3.63) is 196 Å². The summed E-state index contributed by atoms with van der Waals surface area (Å²) in [4.78, 5) is 2.60. The first-order chi connectivity index (χ1) is 26.4. The molecule has 0 aromatic heterocycles. The molecule has 3 aliphatic rings. The molecule has 54 heavy (non-hydrogen) atoms. The van der Waals surface area contributed by atoms with Crippen LogP contribution in [0.25, 0.3) is 61.0 Å². The zero-order valence-corrected chi connectivity index (χ0v) is 31.2. The lowest BCUT2D eigenvalue weighted by Gasteiger charge is -2.29. The maximum Gasteiger partial charge on any atom is 0.0501 e. The van der Waals surface area contributed by atoms with Gasteiger partial charge in [-0.05, 0) is 144 Å². The van der Waals surface area contributed by atoms with Gasteiger partial charge in [-0.15, -0.1) is 0 Å². The van der Waals surface area contributed by atoms with E-state index in [0.717, 1.165) is 6.42 Å². The highest BCUT2D eigenvalue weighted by Crippen LogP contribution is 2.58. The molecule has 0 spiro atoms. The van der Waals surface area contributed by atoms with Gasteiger partial charge in [-0.25, -0.2) is 0 Å². The summed E-state index contributed by atoms with van der Waals surface area (Å²) in [7, 11) is 0. The van der Waals surface area contributed by atoms with Gasteiger partial charge >= 0.3 is 0 Å². The molecule has 0 bridgehead atoms. The number of fused-ring (bicyclic) bond motifs is 12. The summed E-state index contributed by atoms with van der Waals surface area (Å²) in [6.07, 6.45) is 3.51. The molecule has 0 fully saturated rings. The van der Waals surface area contributed by atoms with Crippen LogP contribution < -0.4 is 4.90 Å². The summed E-state index contributed by atoms with van der Waals surface area (Å²) >= 11 is 0. The maximum atomic E-state index is 2.60. The predicted molar refractivity (Wildman–Crippen MR) is 229 cm³/mol. The molecule has 1 atom stereocenters. The summed E-state index contributed by atoms with van der Waals surface area (Å²) in [5.74, 6) is 0.248. The minimum atomic E-state index is -0.0810. The number of rotatable bonds is 3. The van der Waals surface area contributed by atoms with Crippen molar-refractivity contribution in [1.29, 1.82) is 0 Å². The molecule has 258 valence electrons. The number of benzene rings is 8. The Labute approximate surface area is 317 Å². The largest absolute Gasteiger partial charge is 0.313 e. The third-order valence-electron chi connectivity index (χ3n) is 12.8. The lowest BCUT2D eigenvalue weighted by atomic mass is 9.78. The SMILES string of the molecule is Cc1ccccc1-c1ccc(-c2cccc(N3C4=Cc5c(c6ccccc6c6ccccc56)CC4c4cc5c(cc43)C(C)(C)c3ccccc3-5)c2)cc1C. The third kappa shape index (κ3) is 4.39. The van der Waals surface area contributed by atoms with Gasteiger partial charge in [0.25, 0.3) is 0 Å². The standard InChI is InChI=1S/C53H41N/c1-32-14-5-6-17-37(32)38-25-24-35(26-33(38)2)34-15-13-16-36(27-34)54-51-30-45-42-21-10-8-19-40(42)39-18-7-9-20-41(39)44(45)28-47(51)48-29-46-43-22-11-12-23-49(43)53(3,4)50(46)31-52(48)54/h5-27,29-31,47H,28H2,1-4H3. The van der Waals surface area contributed by atoms with Crippen molar-refractivity contribution in [3.63, 3.8) is 0 Å². The van der Waals surface area contributed by atoms with Crippen LogP contribution in [0.1, 0.15) is 58.7 Å². The number of aryl methyl sites for hydroxylation is 2. The highest BCUT2D eigenvalue weighted by Gasteiger charge is 2.43. The van der Waals surface area contributed by atoms with E-state index in [-0.39, 0.29) is 11.3 Å². The van der Waals surface area contributed by atoms with Crippen molar-refractivity contribution < 1.29 is 0 Å². The van der Waals surface area contributed by atoms with E-state index >= 15 is 0 Å². The van der Waals surface area contributed by atoms with E-state index in [1.807, 2.05) is 0 Å². The summed E-state index contributed by atoms with van der Waals surface area (Å²) in [6, 6.07) is 57.1. The summed E-state index contributed by atoms with van der Waals surface area (Å²) in [5, 5.41) is 5.39. The number of nitrogens with zero attached hydrogens (tertiary/aromatic N) is 1. The van der Waals surface area contributed by atoms with Crippen LogP contribution in [0, 0.1) is 13.8 Å². The molecule has 0 N–H and O–H groups in total. The Morgan fingerprint density at radius 1 is 0.519 bits per heavy atom. The van der Waals surface area contributed by atoms with Gasteiger partial charge in [0.15, 0.2) is 0 Å². The third-order valence-corrected chi connectivity index (χ3v) is 12.8. The first-order valence-electron chi connectivity index (χ1n) is 19.4. The molecule has 11 rings (SSSR count). The Hall–Kier alpha value is -6.18. The monoisotopic (exact) mass is 691 g/mol. The highest BCUT2D eigenvalue weighted by atomic mass is 15.2. The lowest BCUT2D eigenvalue weighted by molar-refractivity contribution is 0.660. The Bertz CT molecular complexity index is 2920. The summed E-state index contributed by atoms with van der Waals surface area (Å²) in [6.45, 7) is 9.24. The zero-order valence-electron chi connectivity index (χ0n) is 31.2. The quantitative estimate of drug-likeness (QED) is 0.167. The predicted octanol–water partition coefficient (Wildman–Crippen LogP) is 14.1. The Balaban J connectivity index is 1.12. The molecule has 8 aromatic carbocycles. The molecule has 2 aliphatic carbocycles. The smallest absolute Gasteiger partial charge is 0.0501 e.